The van der Waals surface area contributed by atoms with E-state index in [1.165, 1.54) is 0 Å². The van der Waals surface area contributed by atoms with Crippen molar-refractivity contribution in [3.05, 3.63) is 18.3 Å². The average molecular weight is 362 g/mol. The Morgan fingerprint density at radius 2 is 2.19 bits per heavy atom. The van der Waals surface area contributed by atoms with E-state index in [-0.39, 0.29) is 5.91 Å². The summed E-state index contributed by atoms with van der Waals surface area (Å²) in [6.07, 6.45) is 7.92. The van der Waals surface area contributed by atoms with E-state index in [1.807, 2.05) is 6.07 Å². The van der Waals surface area contributed by atoms with Gasteiger partial charge in [0, 0.05) is 12.6 Å². The van der Waals surface area contributed by atoms with E-state index in [2.05, 4.69) is 17.2 Å². The number of nitrogens with one attached hydrogen (secondary N) is 1. The van der Waals surface area contributed by atoms with Crippen molar-refractivity contribution in [3.8, 4) is 5.88 Å². The van der Waals surface area contributed by atoms with Crippen molar-refractivity contribution in [1.82, 2.24) is 9.88 Å². The average Bonchev–Trinajstić information content (AvgIpc) is 2.67. The first-order valence-electron chi connectivity index (χ1n) is 9.43. The summed E-state index contributed by atoms with van der Waals surface area (Å²) in [6.45, 7) is 2.71. The van der Waals surface area contributed by atoms with Crippen LogP contribution in [0.1, 0.15) is 51.9 Å². The Hall–Kier alpha value is -2.31. The molecule has 1 aliphatic heterocycles. The summed E-state index contributed by atoms with van der Waals surface area (Å²) in [5.41, 5.74) is 6.28. The van der Waals surface area contributed by atoms with Gasteiger partial charge in [-0.3, -0.25) is 9.59 Å². The van der Waals surface area contributed by atoms with Crippen LogP contribution in [0.25, 0.3) is 0 Å². The number of carbonyl (C=O) groups excluding carboxylic acids is 2. The Balaban J connectivity index is 2.13. The van der Waals surface area contributed by atoms with Gasteiger partial charge >= 0.3 is 0 Å². The minimum absolute atomic E-state index is 0.0552. The van der Waals surface area contributed by atoms with E-state index in [9.17, 15) is 9.59 Å². The monoisotopic (exact) mass is 362 g/mol. The molecule has 1 unspecified atom stereocenters. The standard InChI is InChI=1S/C19H30N4O3/c1-3-4-5-8-15(22-14-10-11-17(26-2)21-13-14)19(25)23-12-7-6-9-16(23)18(20)24/h10-11,13,15-16,22H,3-9,12H2,1-2H3,(H2,20,24)/t15-,16?/m0/s1. The first-order valence-corrected chi connectivity index (χ1v) is 9.43. The van der Waals surface area contributed by atoms with Gasteiger partial charge in [0.15, 0.2) is 0 Å². The van der Waals surface area contributed by atoms with Crippen LogP contribution in [0.5, 0.6) is 5.88 Å². The van der Waals surface area contributed by atoms with Crippen molar-refractivity contribution >= 4 is 17.5 Å². The maximum atomic E-state index is 13.1. The Kier molecular flexibility index (Phi) is 7.69. The summed E-state index contributed by atoms with van der Waals surface area (Å²) in [6, 6.07) is 2.70. The first-order chi connectivity index (χ1) is 12.6. The number of rotatable bonds is 9. The van der Waals surface area contributed by atoms with E-state index < -0.39 is 18.0 Å². The highest BCUT2D eigenvalue weighted by Crippen LogP contribution is 2.21. The van der Waals surface area contributed by atoms with Gasteiger partial charge in [0.2, 0.25) is 17.7 Å². The first kappa shape index (κ1) is 20.0. The molecule has 0 saturated carbocycles. The number of amides is 2. The molecule has 2 rings (SSSR count). The quantitative estimate of drug-likeness (QED) is 0.657. The zero-order valence-corrected chi connectivity index (χ0v) is 15.7. The zero-order chi connectivity index (χ0) is 18.9. The number of primary amides is 1. The van der Waals surface area contributed by atoms with Crippen LogP contribution in [-0.2, 0) is 9.59 Å². The van der Waals surface area contributed by atoms with Crippen LogP contribution < -0.4 is 15.8 Å². The third-order valence-electron chi connectivity index (χ3n) is 4.80. The number of hydrogen-bond acceptors (Lipinski definition) is 5. The molecule has 3 N–H and O–H groups in total. The Bertz CT molecular complexity index is 591. The molecule has 26 heavy (non-hydrogen) atoms. The second-order valence-electron chi connectivity index (χ2n) is 6.73. The highest BCUT2D eigenvalue weighted by Gasteiger charge is 2.34. The van der Waals surface area contributed by atoms with Gasteiger partial charge in [0.25, 0.3) is 0 Å². The Labute approximate surface area is 155 Å². The van der Waals surface area contributed by atoms with Crippen LogP contribution in [0.2, 0.25) is 0 Å². The van der Waals surface area contributed by atoms with Gasteiger partial charge in [-0.25, -0.2) is 4.98 Å². The Morgan fingerprint density at radius 3 is 2.81 bits per heavy atom. The van der Waals surface area contributed by atoms with Gasteiger partial charge in [-0.1, -0.05) is 26.2 Å². The smallest absolute Gasteiger partial charge is 0.245 e. The van der Waals surface area contributed by atoms with Crippen molar-refractivity contribution in [3.63, 3.8) is 0 Å². The third-order valence-corrected chi connectivity index (χ3v) is 4.80. The maximum Gasteiger partial charge on any atom is 0.245 e. The van der Waals surface area contributed by atoms with E-state index in [0.29, 0.717) is 25.3 Å². The summed E-state index contributed by atoms with van der Waals surface area (Å²) in [7, 11) is 1.56. The minimum atomic E-state index is -0.499. The fraction of sp³-hybridized carbons (Fsp3) is 0.632. The number of methoxy groups -OCH3 is 1. The molecule has 1 aromatic heterocycles. The molecular weight excluding hydrogens is 332 g/mol. The molecule has 2 heterocycles. The Morgan fingerprint density at radius 1 is 1.38 bits per heavy atom. The predicted octanol–water partition coefficient (Wildman–Crippen LogP) is 2.32. The number of nitrogens with zero attached hydrogens (tertiary/aromatic N) is 2. The van der Waals surface area contributed by atoms with Gasteiger partial charge < -0.3 is 20.7 Å². The van der Waals surface area contributed by atoms with Crippen molar-refractivity contribution in [1.29, 1.82) is 0 Å². The van der Waals surface area contributed by atoms with Crippen LogP contribution >= 0.6 is 0 Å². The lowest BCUT2D eigenvalue weighted by atomic mass is 9.99. The second-order valence-corrected chi connectivity index (χ2v) is 6.73. The number of pyridine rings is 1. The molecule has 1 fully saturated rings. The summed E-state index contributed by atoms with van der Waals surface area (Å²) < 4.78 is 5.07. The van der Waals surface area contributed by atoms with Gasteiger partial charge in [-0.05, 0) is 31.7 Å². The molecule has 144 valence electrons. The van der Waals surface area contributed by atoms with Gasteiger partial charge in [0.1, 0.15) is 12.1 Å². The van der Waals surface area contributed by atoms with Crippen molar-refractivity contribution < 1.29 is 14.3 Å². The van der Waals surface area contributed by atoms with Gasteiger partial charge in [0.05, 0.1) is 19.0 Å². The number of hydrogen-bond donors (Lipinski definition) is 2. The number of aromatic nitrogens is 1. The van der Waals surface area contributed by atoms with Gasteiger partial charge in [-0.2, -0.15) is 0 Å². The molecule has 2 atom stereocenters. The molecular formula is C19H30N4O3. The lowest BCUT2D eigenvalue weighted by Gasteiger charge is -2.36. The molecule has 1 aromatic rings. The largest absolute Gasteiger partial charge is 0.481 e. The maximum absolute atomic E-state index is 13.1. The van der Waals surface area contributed by atoms with Crippen molar-refractivity contribution in [2.75, 3.05) is 19.0 Å². The van der Waals surface area contributed by atoms with Crippen LogP contribution in [0.3, 0.4) is 0 Å². The molecule has 7 heteroatoms. The normalized spacial score (nSPS) is 18.2. The van der Waals surface area contributed by atoms with E-state index in [4.69, 9.17) is 10.5 Å². The number of ether oxygens (including phenoxy) is 1. The highest BCUT2D eigenvalue weighted by atomic mass is 16.5. The number of unbranched alkanes of at least 4 members (excludes halogenated alkanes) is 2. The van der Waals surface area contributed by atoms with Crippen LogP contribution in [-0.4, -0.2) is 47.4 Å². The summed E-state index contributed by atoms with van der Waals surface area (Å²) in [4.78, 5) is 30.7. The highest BCUT2D eigenvalue weighted by molar-refractivity contribution is 5.90. The summed E-state index contributed by atoms with van der Waals surface area (Å²) in [5.74, 6) is 0.0473. The van der Waals surface area contributed by atoms with E-state index in [1.54, 1.807) is 24.3 Å². The molecule has 0 aromatic carbocycles. The van der Waals surface area contributed by atoms with E-state index in [0.717, 1.165) is 37.8 Å². The number of likely N-dealkylation sites (tertiary alicyclic amines) is 1. The van der Waals surface area contributed by atoms with E-state index >= 15 is 0 Å². The summed E-state index contributed by atoms with van der Waals surface area (Å²) in [5, 5.41) is 3.28. The van der Waals surface area contributed by atoms with Crippen LogP contribution in [0, 0.1) is 0 Å². The lowest BCUT2D eigenvalue weighted by molar-refractivity contribution is -0.141. The minimum Gasteiger partial charge on any atom is -0.481 e. The molecule has 0 spiro atoms. The molecule has 7 nitrogen and oxygen atoms in total. The molecule has 1 aliphatic rings. The van der Waals surface area contributed by atoms with Crippen LogP contribution in [0.15, 0.2) is 18.3 Å². The fourth-order valence-electron chi connectivity index (χ4n) is 3.33. The number of piperidine rings is 1. The number of nitrogens with two attached hydrogens (primary N) is 1. The van der Waals surface area contributed by atoms with Crippen molar-refractivity contribution in [2.24, 2.45) is 5.73 Å². The molecule has 1 saturated heterocycles. The SMILES string of the molecule is CCCCC[C@H](Nc1ccc(OC)nc1)C(=O)N1CCCCC1C(N)=O. The molecule has 0 aliphatic carbocycles. The number of anilines is 1. The zero-order valence-electron chi connectivity index (χ0n) is 15.7. The second kappa shape index (κ2) is 9.99. The molecule has 0 radical (unpaired) electrons. The predicted molar refractivity (Wildman–Crippen MR) is 101 cm³/mol. The molecule has 0 bridgehead atoms. The fourth-order valence-corrected chi connectivity index (χ4v) is 3.33. The number of carbonyl (C=O) groups is 2. The summed E-state index contributed by atoms with van der Waals surface area (Å²) >= 11 is 0. The topological polar surface area (TPSA) is 97.6 Å². The lowest BCUT2D eigenvalue weighted by Crippen LogP contribution is -2.54. The van der Waals surface area contributed by atoms with Crippen molar-refractivity contribution in [2.45, 2.75) is 64.0 Å². The third kappa shape index (κ3) is 5.34. The van der Waals surface area contributed by atoms with Crippen LogP contribution in [0.4, 0.5) is 5.69 Å². The molecule has 2 amide bonds. The van der Waals surface area contributed by atoms with Gasteiger partial charge in [-0.15, -0.1) is 0 Å².